The van der Waals surface area contributed by atoms with E-state index in [1.165, 1.54) is 0 Å². The summed E-state index contributed by atoms with van der Waals surface area (Å²) in [6.45, 7) is 4.12. The summed E-state index contributed by atoms with van der Waals surface area (Å²) in [7, 11) is 3.77. The number of pyridine rings is 1. The Morgan fingerprint density at radius 1 is 0.949 bits per heavy atom. The number of nitrogens with zero attached hydrogens (tertiary/aromatic N) is 4. The third kappa shape index (κ3) is 5.78. The molecule has 0 radical (unpaired) electrons. The highest BCUT2D eigenvalue weighted by Gasteiger charge is 2.24. The number of rotatable bonds is 5. The Kier molecular flexibility index (Phi) is 8.60. The number of aromatic nitrogens is 3. The van der Waals surface area contributed by atoms with Gasteiger partial charge in [0.1, 0.15) is 11.6 Å². The molecule has 0 spiro atoms. The largest absolute Gasteiger partial charge is 0.497 e. The standard InChI is InChI=1S/C29H28N6O2.2ClH/c1-34-11-13-35(14-12-34)28-10-5-19(18-30-28)4-8-26-22-7-3-20(16-27(22)33-32-26)15-24-23-17-21(37-2)6-9-25(23)31-29(24)36;;/h3-10,15-18H,11-14H2,1-2H3,(H,31,36)(H,32,33);2*1H. The molecule has 0 bridgehead atoms. The van der Waals surface area contributed by atoms with Crippen molar-refractivity contribution < 1.29 is 9.53 Å². The van der Waals surface area contributed by atoms with Gasteiger partial charge in [-0.15, -0.1) is 24.8 Å². The maximum atomic E-state index is 12.6. The molecular weight excluding hydrogens is 535 g/mol. The number of hydrogen-bond acceptors (Lipinski definition) is 6. The van der Waals surface area contributed by atoms with Gasteiger partial charge >= 0.3 is 0 Å². The molecule has 6 rings (SSSR count). The van der Waals surface area contributed by atoms with Crippen molar-refractivity contribution in [3.05, 3.63) is 77.1 Å². The van der Waals surface area contributed by atoms with Gasteiger partial charge in [-0.3, -0.25) is 9.89 Å². The number of likely N-dealkylation sites (N-methyl/N-ethyl adjacent to an activating group) is 1. The van der Waals surface area contributed by atoms with E-state index in [0.29, 0.717) is 11.3 Å². The average molecular weight is 566 g/mol. The first-order valence-corrected chi connectivity index (χ1v) is 12.3. The van der Waals surface area contributed by atoms with E-state index in [9.17, 15) is 4.79 Å². The van der Waals surface area contributed by atoms with Crippen molar-refractivity contribution in [1.29, 1.82) is 0 Å². The van der Waals surface area contributed by atoms with E-state index in [2.05, 4.69) is 49.5 Å². The first-order valence-electron chi connectivity index (χ1n) is 12.3. The Morgan fingerprint density at radius 3 is 2.49 bits per heavy atom. The van der Waals surface area contributed by atoms with E-state index in [-0.39, 0.29) is 30.7 Å². The topological polar surface area (TPSA) is 86.4 Å². The molecule has 0 unspecified atom stereocenters. The summed E-state index contributed by atoms with van der Waals surface area (Å²) in [5.41, 5.74) is 5.93. The van der Waals surface area contributed by atoms with Crippen molar-refractivity contribution >= 4 is 76.9 Å². The van der Waals surface area contributed by atoms with Crippen LogP contribution in [0.3, 0.4) is 0 Å². The summed E-state index contributed by atoms with van der Waals surface area (Å²) in [5, 5.41) is 11.5. The minimum Gasteiger partial charge on any atom is -0.497 e. The summed E-state index contributed by atoms with van der Waals surface area (Å²) in [6.07, 6.45) is 7.82. The molecule has 2 N–H and O–H groups in total. The van der Waals surface area contributed by atoms with Gasteiger partial charge in [-0.05, 0) is 72.8 Å². The number of methoxy groups -OCH3 is 1. The number of fused-ring (bicyclic) bond motifs is 2. The molecule has 2 aromatic carbocycles. The van der Waals surface area contributed by atoms with Crippen molar-refractivity contribution in [3.8, 4) is 5.75 Å². The zero-order valence-electron chi connectivity index (χ0n) is 21.7. The Hall–Kier alpha value is -3.85. The molecule has 0 saturated carbocycles. The van der Waals surface area contributed by atoms with Crippen LogP contribution in [0.1, 0.15) is 22.4 Å². The highest BCUT2D eigenvalue weighted by Crippen LogP contribution is 2.36. The number of ether oxygens (including phenoxy) is 1. The van der Waals surface area contributed by atoms with Gasteiger partial charge in [0, 0.05) is 54.6 Å². The highest BCUT2D eigenvalue weighted by molar-refractivity contribution is 6.35. The molecule has 0 aliphatic carbocycles. The Bertz CT molecular complexity index is 1540. The number of aromatic amines is 1. The Morgan fingerprint density at radius 2 is 1.74 bits per heavy atom. The minimum absolute atomic E-state index is 0. The van der Waals surface area contributed by atoms with Crippen molar-refractivity contribution in [1.82, 2.24) is 20.1 Å². The summed E-state index contributed by atoms with van der Waals surface area (Å²) in [5.74, 6) is 1.61. The van der Waals surface area contributed by atoms with Crippen molar-refractivity contribution in [2.24, 2.45) is 0 Å². The molecule has 8 nitrogen and oxygen atoms in total. The summed E-state index contributed by atoms with van der Waals surface area (Å²) < 4.78 is 5.33. The van der Waals surface area contributed by atoms with Gasteiger partial charge < -0.3 is 19.9 Å². The van der Waals surface area contributed by atoms with Crippen molar-refractivity contribution in [2.45, 2.75) is 0 Å². The van der Waals surface area contributed by atoms with Gasteiger partial charge in [0.2, 0.25) is 0 Å². The van der Waals surface area contributed by atoms with Crippen molar-refractivity contribution in [3.63, 3.8) is 0 Å². The molecule has 10 heteroatoms. The van der Waals surface area contributed by atoms with Gasteiger partial charge in [-0.25, -0.2) is 4.98 Å². The molecule has 0 atom stereocenters. The Balaban J connectivity index is 0.00000176. The molecule has 2 aliphatic heterocycles. The molecule has 202 valence electrons. The molecule has 1 saturated heterocycles. The molecule has 39 heavy (non-hydrogen) atoms. The second-order valence-electron chi connectivity index (χ2n) is 9.41. The van der Waals surface area contributed by atoms with Gasteiger partial charge in [-0.2, -0.15) is 5.10 Å². The summed E-state index contributed by atoms with van der Waals surface area (Å²) in [6, 6.07) is 15.8. The smallest absolute Gasteiger partial charge is 0.256 e. The van der Waals surface area contributed by atoms with Crippen molar-refractivity contribution in [2.75, 3.05) is 50.6 Å². The van der Waals surface area contributed by atoms with Crippen LogP contribution in [0.15, 0.2) is 54.7 Å². The van der Waals surface area contributed by atoms with E-state index in [1.807, 2.05) is 60.8 Å². The lowest BCUT2D eigenvalue weighted by Crippen LogP contribution is -2.44. The number of halogens is 2. The zero-order chi connectivity index (χ0) is 25.4. The van der Waals surface area contributed by atoms with Gasteiger partial charge in [0.05, 0.1) is 18.3 Å². The van der Waals surface area contributed by atoms with Crippen LogP contribution in [0.2, 0.25) is 0 Å². The molecule has 4 aromatic rings. The van der Waals surface area contributed by atoms with Crippen LogP contribution in [0, 0.1) is 0 Å². The fraction of sp³-hybridized carbons (Fsp3) is 0.207. The molecule has 1 amide bonds. The lowest BCUT2D eigenvalue weighted by Gasteiger charge is -2.33. The third-order valence-electron chi connectivity index (χ3n) is 6.97. The zero-order valence-corrected chi connectivity index (χ0v) is 23.3. The monoisotopic (exact) mass is 564 g/mol. The SMILES string of the molecule is COc1ccc2c(c1)C(=Cc1ccc3c(C=Cc4ccc(N5CCN(C)CC5)nc4)n[nH]c3c1)C(=O)N2.Cl.Cl. The van der Waals surface area contributed by atoms with E-state index in [4.69, 9.17) is 4.74 Å². The molecule has 2 aromatic heterocycles. The normalized spacial score (nSPS) is 16.2. The van der Waals surface area contributed by atoms with E-state index >= 15 is 0 Å². The maximum absolute atomic E-state index is 12.6. The van der Waals surface area contributed by atoms with Gasteiger partial charge in [0.25, 0.3) is 5.91 Å². The Labute approximate surface area is 239 Å². The van der Waals surface area contributed by atoms with Gasteiger partial charge in [0.15, 0.2) is 0 Å². The summed E-state index contributed by atoms with van der Waals surface area (Å²) >= 11 is 0. The number of H-pyrrole nitrogens is 1. The highest BCUT2D eigenvalue weighted by atomic mass is 35.5. The van der Waals surface area contributed by atoms with Gasteiger partial charge in [-0.1, -0.05) is 12.1 Å². The summed E-state index contributed by atoms with van der Waals surface area (Å²) in [4.78, 5) is 21.9. The average Bonchev–Trinajstić information content (AvgIpc) is 3.47. The second-order valence-corrected chi connectivity index (χ2v) is 9.41. The number of benzene rings is 2. The second kappa shape index (κ2) is 11.9. The number of anilines is 2. The van der Waals surface area contributed by atoms with E-state index < -0.39 is 0 Å². The number of piperazine rings is 1. The van der Waals surface area contributed by atoms with Crippen LogP contribution < -0.4 is 15.0 Å². The predicted molar refractivity (Wildman–Crippen MR) is 163 cm³/mol. The third-order valence-corrected chi connectivity index (χ3v) is 6.97. The molecule has 1 fully saturated rings. The maximum Gasteiger partial charge on any atom is 0.256 e. The van der Waals surface area contributed by atoms with E-state index in [1.54, 1.807) is 7.11 Å². The minimum atomic E-state index is -0.121. The quantitative estimate of drug-likeness (QED) is 0.323. The predicted octanol–water partition coefficient (Wildman–Crippen LogP) is 5.23. The lowest BCUT2D eigenvalue weighted by atomic mass is 10.0. The van der Waals surface area contributed by atoms with E-state index in [0.717, 1.165) is 71.0 Å². The first-order chi connectivity index (χ1) is 18.1. The van der Waals surface area contributed by atoms with Crippen LogP contribution in [0.5, 0.6) is 5.75 Å². The first kappa shape index (κ1) is 28.2. The van der Waals surface area contributed by atoms with Crippen LogP contribution in [-0.2, 0) is 4.79 Å². The molecular formula is C29H30Cl2N6O2. The number of carbonyl (C=O) groups is 1. The lowest BCUT2D eigenvalue weighted by molar-refractivity contribution is -0.110. The number of nitrogens with one attached hydrogen (secondary N) is 2. The number of amides is 1. The van der Waals surface area contributed by atoms with Crippen LogP contribution in [0.25, 0.3) is 34.7 Å². The molecule has 2 aliphatic rings. The number of carbonyl (C=O) groups excluding carboxylic acids is 1. The molecule has 4 heterocycles. The fourth-order valence-electron chi connectivity index (χ4n) is 4.77. The number of hydrogen-bond donors (Lipinski definition) is 2. The van der Waals surface area contributed by atoms with Crippen LogP contribution in [0.4, 0.5) is 11.5 Å². The van der Waals surface area contributed by atoms with Crippen LogP contribution >= 0.6 is 24.8 Å². The van der Waals surface area contributed by atoms with Crippen LogP contribution in [-0.4, -0.2) is 66.3 Å². The fourth-order valence-corrected chi connectivity index (χ4v) is 4.77.